The van der Waals surface area contributed by atoms with E-state index in [2.05, 4.69) is 9.91 Å². The van der Waals surface area contributed by atoms with E-state index in [1.54, 1.807) is 24.3 Å². The summed E-state index contributed by atoms with van der Waals surface area (Å²) in [5.41, 5.74) is 2.40. The summed E-state index contributed by atoms with van der Waals surface area (Å²) < 4.78 is 48.8. The van der Waals surface area contributed by atoms with Crippen LogP contribution in [0.4, 0.5) is 13.2 Å². The van der Waals surface area contributed by atoms with Gasteiger partial charge in [-0.1, -0.05) is 47.6 Å². The zero-order chi connectivity index (χ0) is 23.8. The van der Waals surface area contributed by atoms with Crippen molar-refractivity contribution >= 4 is 5.97 Å². The summed E-state index contributed by atoms with van der Waals surface area (Å²) in [6.45, 7) is 0.224. The minimum Gasteiger partial charge on any atom is -0.489 e. The van der Waals surface area contributed by atoms with Crippen LogP contribution in [0.2, 0.25) is 0 Å². The van der Waals surface area contributed by atoms with Crippen LogP contribution in [0, 0.1) is 4.91 Å². The number of benzene rings is 3. The summed E-state index contributed by atoms with van der Waals surface area (Å²) >= 11 is 0. The number of halogens is 3. The van der Waals surface area contributed by atoms with Gasteiger partial charge < -0.3 is 9.47 Å². The molecule has 0 amide bonds. The van der Waals surface area contributed by atoms with Crippen LogP contribution in [0.25, 0.3) is 11.1 Å². The highest BCUT2D eigenvalue weighted by Gasteiger charge is 2.29. The van der Waals surface area contributed by atoms with Crippen molar-refractivity contribution in [2.24, 2.45) is 5.18 Å². The predicted octanol–water partition coefficient (Wildman–Crippen LogP) is 6.36. The topological polar surface area (TPSA) is 65.0 Å². The van der Waals surface area contributed by atoms with Gasteiger partial charge in [0.25, 0.3) is 0 Å². The minimum atomic E-state index is -4.37. The molecule has 5 nitrogen and oxygen atoms in total. The third-order valence-corrected chi connectivity index (χ3v) is 5.17. The second kappa shape index (κ2) is 10.8. The first-order valence-corrected chi connectivity index (χ1v) is 10.2. The molecule has 0 spiro atoms. The number of rotatable bonds is 9. The number of hydrogen-bond acceptors (Lipinski definition) is 5. The summed E-state index contributed by atoms with van der Waals surface area (Å²) in [7, 11) is 1.29. The summed E-state index contributed by atoms with van der Waals surface area (Å²) in [5.74, 6) is -0.198. The number of carbonyl (C=O) groups is 1. The number of methoxy groups -OCH3 is 1. The van der Waals surface area contributed by atoms with E-state index in [4.69, 9.17) is 4.74 Å². The molecular formula is C25H22F3NO4. The lowest BCUT2D eigenvalue weighted by atomic mass is 9.96. The number of nitroso groups, excluding NO2 is 1. The van der Waals surface area contributed by atoms with E-state index in [1.165, 1.54) is 19.2 Å². The SMILES string of the molecule is COC(=O)CC(CN=O)c1ccc(OCc2cccc(-c3ccc(C(F)(F)F)cc3)c2)cc1. The minimum absolute atomic E-state index is 0.0357. The Labute approximate surface area is 189 Å². The third-order valence-electron chi connectivity index (χ3n) is 5.17. The Kier molecular flexibility index (Phi) is 7.82. The largest absolute Gasteiger partial charge is 0.489 e. The third kappa shape index (κ3) is 6.65. The standard InChI is InChI=1S/C25H22F3NO4/c1-32-24(30)14-21(15-29-31)19-7-11-23(12-8-19)33-16-17-3-2-4-20(13-17)18-5-9-22(10-6-18)25(26,27)28/h2-13,21H,14-16H2,1H3. The van der Waals surface area contributed by atoms with Gasteiger partial charge in [0.1, 0.15) is 12.4 Å². The van der Waals surface area contributed by atoms with Gasteiger partial charge in [-0.05, 0) is 52.6 Å². The molecule has 0 bridgehead atoms. The number of esters is 1. The zero-order valence-corrected chi connectivity index (χ0v) is 17.8. The van der Waals surface area contributed by atoms with Gasteiger partial charge in [-0.15, -0.1) is 0 Å². The maximum atomic E-state index is 12.8. The van der Waals surface area contributed by atoms with Crippen LogP contribution >= 0.6 is 0 Å². The molecule has 0 N–H and O–H groups in total. The molecule has 1 unspecified atom stereocenters. The molecule has 8 heteroatoms. The molecule has 0 aromatic heterocycles. The van der Waals surface area contributed by atoms with E-state index in [1.807, 2.05) is 24.3 Å². The Hall–Kier alpha value is -3.68. The maximum Gasteiger partial charge on any atom is 0.416 e. The Morgan fingerprint density at radius 3 is 2.27 bits per heavy atom. The van der Waals surface area contributed by atoms with Crippen molar-refractivity contribution in [2.75, 3.05) is 13.7 Å². The van der Waals surface area contributed by atoms with E-state index in [0.29, 0.717) is 11.3 Å². The fraction of sp³-hybridized carbons (Fsp3) is 0.240. The van der Waals surface area contributed by atoms with Crippen molar-refractivity contribution in [3.63, 3.8) is 0 Å². The Morgan fingerprint density at radius 1 is 0.970 bits per heavy atom. The van der Waals surface area contributed by atoms with E-state index in [9.17, 15) is 22.9 Å². The van der Waals surface area contributed by atoms with Crippen LogP contribution in [0.5, 0.6) is 5.75 Å². The van der Waals surface area contributed by atoms with E-state index in [0.717, 1.165) is 28.8 Å². The number of carbonyl (C=O) groups excluding carboxylic acids is 1. The van der Waals surface area contributed by atoms with Gasteiger partial charge >= 0.3 is 12.1 Å². The fourth-order valence-electron chi connectivity index (χ4n) is 3.36. The molecule has 172 valence electrons. The molecule has 0 saturated carbocycles. The van der Waals surface area contributed by atoms with Crippen molar-refractivity contribution in [1.29, 1.82) is 0 Å². The van der Waals surface area contributed by atoms with E-state index >= 15 is 0 Å². The smallest absolute Gasteiger partial charge is 0.416 e. The Bertz CT molecular complexity index is 1080. The van der Waals surface area contributed by atoms with E-state index in [-0.39, 0.29) is 25.5 Å². The number of ether oxygens (including phenoxy) is 2. The van der Waals surface area contributed by atoms with Crippen molar-refractivity contribution < 1.29 is 27.4 Å². The van der Waals surface area contributed by atoms with Crippen molar-refractivity contribution in [1.82, 2.24) is 0 Å². The molecule has 0 aliphatic rings. The van der Waals surface area contributed by atoms with Gasteiger partial charge in [0.05, 0.1) is 25.6 Å². The zero-order valence-electron chi connectivity index (χ0n) is 17.8. The lowest BCUT2D eigenvalue weighted by Gasteiger charge is -2.14. The predicted molar refractivity (Wildman–Crippen MR) is 118 cm³/mol. The average Bonchev–Trinajstić information content (AvgIpc) is 2.82. The van der Waals surface area contributed by atoms with Crippen LogP contribution in [-0.2, 0) is 22.3 Å². The van der Waals surface area contributed by atoms with Gasteiger partial charge in [-0.25, -0.2) is 0 Å². The van der Waals surface area contributed by atoms with Crippen LogP contribution in [-0.4, -0.2) is 19.6 Å². The summed E-state index contributed by atoms with van der Waals surface area (Å²) in [5, 5.41) is 2.90. The van der Waals surface area contributed by atoms with Crippen LogP contribution in [0.1, 0.15) is 29.0 Å². The van der Waals surface area contributed by atoms with Crippen molar-refractivity contribution in [3.8, 4) is 16.9 Å². The molecule has 3 aromatic carbocycles. The quantitative estimate of drug-likeness (QED) is 0.277. The Balaban J connectivity index is 1.65. The second-order valence-corrected chi connectivity index (χ2v) is 7.42. The summed E-state index contributed by atoms with van der Waals surface area (Å²) in [6, 6.07) is 19.4. The van der Waals surface area contributed by atoms with Crippen LogP contribution in [0.15, 0.2) is 78.0 Å². The summed E-state index contributed by atoms with van der Waals surface area (Å²) in [4.78, 5) is 22.2. The van der Waals surface area contributed by atoms with Crippen LogP contribution < -0.4 is 4.74 Å². The normalized spacial score (nSPS) is 12.1. The molecule has 3 aromatic rings. The Morgan fingerprint density at radius 2 is 1.67 bits per heavy atom. The van der Waals surface area contributed by atoms with Gasteiger partial charge in [-0.3, -0.25) is 4.79 Å². The summed E-state index contributed by atoms with van der Waals surface area (Å²) in [6.07, 6.45) is -4.31. The van der Waals surface area contributed by atoms with Crippen LogP contribution in [0.3, 0.4) is 0 Å². The molecule has 0 aliphatic carbocycles. The molecule has 0 aliphatic heterocycles. The van der Waals surface area contributed by atoms with Gasteiger partial charge in [0.15, 0.2) is 0 Å². The first-order valence-electron chi connectivity index (χ1n) is 10.2. The number of nitrogens with zero attached hydrogens (tertiary/aromatic N) is 1. The van der Waals surface area contributed by atoms with Crippen molar-refractivity contribution in [2.45, 2.75) is 25.1 Å². The second-order valence-electron chi connectivity index (χ2n) is 7.42. The van der Waals surface area contributed by atoms with Gasteiger partial charge in [0, 0.05) is 5.92 Å². The van der Waals surface area contributed by atoms with Gasteiger partial charge in [-0.2, -0.15) is 18.1 Å². The highest BCUT2D eigenvalue weighted by Crippen LogP contribution is 2.31. The molecule has 3 rings (SSSR count). The molecule has 0 saturated heterocycles. The molecule has 0 radical (unpaired) electrons. The lowest BCUT2D eigenvalue weighted by molar-refractivity contribution is -0.141. The first-order chi connectivity index (χ1) is 15.8. The lowest BCUT2D eigenvalue weighted by Crippen LogP contribution is -2.11. The molecule has 33 heavy (non-hydrogen) atoms. The molecule has 1 atom stereocenters. The molecular weight excluding hydrogens is 435 g/mol. The number of alkyl halides is 3. The van der Waals surface area contributed by atoms with Crippen molar-refractivity contribution in [3.05, 3.63) is 94.4 Å². The highest BCUT2D eigenvalue weighted by atomic mass is 19.4. The van der Waals surface area contributed by atoms with Gasteiger partial charge in [0.2, 0.25) is 0 Å². The molecule has 0 heterocycles. The maximum absolute atomic E-state index is 12.8. The average molecular weight is 457 g/mol. The fourth-order valence-corrected chi connectivity index (χ4v) is 3.36. The first kappa shape index (κ1) is 24.0. The highest BCUT2D eigenvalue weighted by molar-refractivity contribution is 5.70. The molecule has 0 fully saturated rings. The van der Waals surface area contributed by atoms with E-state index < -0.39 is 17.7 Å². The number of hydrogen-bond donors (Lipinski definition) is 0. The monoisotopic (exact) mass is 457 g/mol.